The second kappa shape index (κ2) is 6.27. The highest BCUT2D eigenvalue weighted by Crippen LogP contribution is 2.02. The Labute approximate surface area is 95.7 Å². The second-order valence-electron chi connectivity index (χ2n) is 3.88. The van der Waals surface area contributed by atoms with Crippen LogP contribution >= 0.6 is 0 Å². The van der Waals surface area contributed by atoms with Crippen molar-refractivity contribution in [2.24, 2.45) is 7.05 Å². The van der Waals surface area contributed by atoms with Crippen molar-refractivity contribution in [2.45, 2.75) is 32.4 Å². The molecule has 0 spiro atoms. The molecule has 5 nitrogen and oxygen atoms in total. The normalized spacial score (nSPS) is 19.0. The highest BCUT2D eigenvalue weighted by molar-refractivity contribution is 5.71. The first-order chi connectivity index (χ1) is 7.63. The topological polar surface area (TPSA) is 61.0 Å². The number of carbonyl (C=O) groups is 1. The number of aromatic nitrogens is 2. The van der Waals surface area contributed by atoms with Crippen LogP contribution < -0.4 is 15.0 Å². The van der Waals surface area contributed by atoms with Gasteiger partial charge in [0.25, 0.3) is 0 Å². The minimum absolute atomic E-state index is 0.380. The molecule has 16 heavy (non-hydrogen) atoms. The summed E-state index contributed by atoms with van der Waals surface area (Å²) in [6.07, 6.45) is 7.82. The number of nitrogens with zero attached hydrogens (tertiary/aromatic N) is 2. The quantitative estimate of drug-likeness (QED) is 0.645. The molecule has 0 saturated carbocycles. The SMILES string of the molecule is CCn1cc[n+](C)c1.O=C([O-])C1CCCN1. The van der Waals surface area contributed by atoms with Crippen LogP contribution in [0.25, 0.3) is 0 Å². The smallest absolute Gasteiger partial charge is 0.243 e. The molecule has 1 aliphatic heterocycles. The fraction of sp³-hybridized carbons (Fsp3) is 0.636. The maximum Gasteiger partial charge on any atom is 0.243 e. The minimum Gasteiger partial charge on any atom is -0.548 e. The van der Waals surface area contributed by atoms with Gasteiger partial charge >= 0.3 is 0 Å². The van der Waals surface area contributed by atoms with Crippen LogP contribution in [-0.2, 0) is 18.4 Å². The lowest BCUT2D eigenvalue weighted by Crippen LogP contribution is -2.41. The van der Waals surface area contributed by atoms with E-state index in [2.05, 4.69) is 29.3 Å². The molecule has 0 radical (unpaired) electrons. The zero-order valence-corrected chi connectivity index (χ0v) is 9.85. The van der Waals surface area contributed by atoms with Crippen LogP contribution in [0.15, 0.2) is 18.7 Å². The van der Waals surface area contributed by atoms with E-state index >= 15 is 0 Å². The molecule has 1 unspecified atom stereocenters. The number of hydrogen-bond acceptors (Lipinski definition) is 3. The van der Waals surface area contributed by atoms with Crippen molar-refractivity contribution in [1.29, 1.82) is 0 Å². The van der Waals surface area contributed by atoms with Gasteiger partial charge in [-0.1, -0.05) is 0 Å². The maximum absolute atomic E-state index is 10.0. The van der Waals surface area contributed by atoms with Gasteiger partial charge in [-0.25, -0.2) is 9.13 Å². The molecule has 1 aromatic rings. The predicted molar refractivity (Wildman–Crippen MR) is 57.3 cm³/mol. The van der Waals surface area contributed by atoms with Gasteiger partial charge in [-0.2, -0.15) is 0 Å². The largest absolute Gasteiger partial charge is 0.548 e. The lowest BCUT2D eigenvalue weighted by atomic mass is 10.2. The highest BCUT2D eigenvalue weighted by atomic mass is 16.4. The molecule has 1 saturated heterocycles. The monoisotopic (exact) mass is 225 g/mol. The van der Waals surface area contributed by atoms with Crippen LogP contribution in [-0.4, -0.2) is 23.1 Å². The number of aliphatic carboxylic acids is 1. The summed E-state index contributed by atoms with van der Waals surface area (Å²) in [7, 11) is 2.02. The average Bonchev–Trinajstić information content (AvgIpc) is 2.88. The molecule has 0 bridgehead atoms. The van der Waals surface area contributed by atoms with Gasteiger partial charge in [0.15, 0.2) is 0 Å². The summed E-state index contributed by atoms with van der Waals surface area (Å²) in [6.45, 7) is 4.00. The molecule has 1 N–H and O–H groups in total. The first-order valence-corrected chi connectivity index (χ1v) is 5.58. The Morgan fingerprint density at radius 3 is 2.69 bits per heavy atom. The fourth-order valence-electron chi connectivity index (χ4n) is 1.57. The Morgan fingerprint density at radius 2 is 2.44 bits per heavy atom. The van der Waals surface area contributed by atoms with Crippen LogP contribution in [0.5, 0.6) is 0 Å². The summed E-state index contributed by atoms with van der Waals surface area (Å²) in [6, 6.07) is -0.380. The number of imidazole rings is 1. The number of rotatable bonds is 2. The summed E-state index contributed by atoms with van der Waals surface area (Å²) < 4.78 is 4.16. The van der Waals surface area contributed by atoms with Crippen molar-refractivity contribution in [1.82, 2.24) is 9.88 Å². The van der Waals surface area contributed by atoms with Crippen LogP contribution in [0.4, 0.5) is 0 Å². The third-order valence-corrected chi connectivity index (χ3v) is 2.53. The van der Waals surface area contributed by atoms with Crippen molar-refractivity contribution in [3.63, 3.8) is 0 Å². The molecule has 90 valence electrons. The molecular weight excluding hydrogens is 206 g/mol. The van der Waals surface area contributed by atoms with E-state index in [1.165, 1.54) is 0 Å². The second-order valence-corrected chi connectivity index (χ2v) is 3.88. The van der Waals surface area contributed by atoms with Crippen molar-refractivity contribution < 1.29 is 14.5 Å². The number of carboxylic acid groups (broad SMARTS) is 1. The minimum atomic E-state index is -0.970. The summed E-state index contributed by atoms with van der Waals surface area (Å²) >= 11 is 0. The van der Waals surface area contributed by atoms with Gasteiger partial charge in [0.05, 0.1) is 19.6 Å². The van der Waals surface area contributed by atoms with Crippen LogP contribution in [0.2, 0.25) is 0 Å². The average molecular weight is 225 g/mol. The van der Waals surface area contributed by atoms with E-state index in [0.29, 0.717) is 0 Å². The Morgan fingerprint density at radius 1 is 1.69 bits per heavy atom. The molecule has 0 aliphatic carbocycles. The molecule has 0 aromatic carbocycles. The lowest BCUT2D eigenvalue weighted by Gasteiger charge is -2.08. The zero-order valence-electron chi connectivity index (χ0n) is 9.85. The van der Waals surface area contributed by atoms with E-state index in [4.69, 9.17) is 0 Å². The van der Waals surface area contributed by atoms with Gasteiger partial charge in [-0.05, 0) is 26.3 Å². The Balaban J connectivity index is 0.000000160. The van der Waals surface area contributed by atoms with Crippen molar-refractivity contribution in [3.8, 4) is 0 Å². The third-order valence-electron chi connectivity index (χ3n) is 2.53. The molecule has 0 amide bonds. The van der Waals surface area contributed by atoms with Gasteiger partial charge in [0.1, 0.15) is 12.4 Å². The van der Waals surface area contributed by atoms with Crippen LogP contribution in [0.1, 0.15) is 19.8 Å². The Kier molecular flexibility index (Phi) is 4.98. The first kappa shape index (κ1) is 12.7. The van der Waals surface area contributed by atoms with Gasteiger partial charge in [-0.3, -0.25) is 0 Å². The number of nitrogens with one attached hydrogen (secondary N) is 1. The fourth-order valence-corrected chi connectivity index (χ4v) is 1.57. The van der Waals surface area contributed by atoms with E-state index in [1.807, 2.05) is 17.8 Å². The van der Waals surface area contributed by atoms with Crippen LogP contribution in [0.3, 0.4) is 0 Å². The highest BCUT2D eigenvalue weighted by Gasteiger charge is 2.13. The van der Waals surface area contributed by atoms with Crippen LogP contribution in [0, 0.1) is 0 Å². The number of carboxylic acids is 1. The lowest BCUT2D eigenvalue weighted by molar-refractivity contribution is -0.671. The Hall–Kier alpha value is -1.36. The molecule has 1 atom stereocenters. The maximum atomic E-state index is 10.0. The molecule has 2 rings (SSSR count). The first-order valence-electron chi connectivity index (χ1n) is 5.58. The number of hydrogen-bond donors (Lipinski definition) is 1. The molecule has 1 fully saturated rings. The van der Waals surface area contributed by atoms with Gasteiger partial charge in [0.2, 0.25) is 6.33 Å². The summed E-state index contributed by atoms with van der Waals surface area (Å²) in [4.78, 5) is 10.0. The molecular formula is C11H19N3O2. The summed E-state index contributed by atoms with van der Waals surface area (Å²) in [5.74, 6) is -0.970. The van der Waals surface area contributed by atoms with Crippen molar-refractivity contribution in [2.75, 3.05) is 6.54 Å². The van der Waals surface area contributed by atoms with Crippen molar-refractivity contribution in [3.05, 3.63) is 18.7 Å². The Bertz CT molecular complexity index is 330. The van der Waals surface area contributed by atoms with E-state index < -0.39 is 5.97 Å². The van der Waals surface area contributed by atoms with E-state index in [1.54, 1.807) is 0 Å². The van der Waals surface area contributed by atoms with Gasteiger partial charge < -0.3 is 15.2 Å². The van der Waals surface area contributed by atoms with Gasteiger partial charge in [-0.15, -0.1) is 0 Å². The predicted octanol–water partition coefficient (Wildman–Crippen LogP) is -1.18. The summed E-state index contributed by atoms with van der Waals surface area (Å²) in [5.41, 5.74) is 0. The van der Waals surface area contributed by atoms with E-state index in [-0.39, 0.29) is 6.04 Å². The van der Waals surface area contributed by atoms with E-state index in [9.17, 15) is 9.90 Å². The molecule has 5 heteroatoms. The van der Waals surface area contributed by atoms with Crippen molar-refractivity contribution >= 4 is 5.97 Å². The van der Waals surface area contributed by atoms with Gasteiger partial charge in [0, 0.05) is 6.04 Å². The number of aryl methyl sites for hydroxylation is 2. The summed E-state index contributed by atoms with van der Waals surface area (Å²) in [5, 5.41) is 12.8. The third kappa shape index (κ3) is 4.02. The van der Waals surface area contributed by atoms with E-state index in [0.717, 1.165) is 25.9 Å². The molecule has 2 heterocycles. The standard InChI is InChI=1S/C6H11N2.C5H9NO2/c1-3-8-5-4-7(2)6-8;7-5(8)4-2-1-3-6-4/h4-6H,3H2,1-2H3;4,6H,1-3H2,(H,7,8)/q+1;/p-1. The molecule has 1 aromatic heterocycles. The zero-order chi connectivity index (χ0) is 12.0. The number of carbonyl (C=O) groups excluding carboxylic acids is 1. The molecule has 1 aliphatic rings.